The number of aliphatic hydroxyl groups excluding tert-OH is 2. The largest absolute Gasteiger partial charge is 0.508 e. The molecule has 33 heavy (non-hydrogen) atoms. The van der Waals surface area contributed by atoms with Gasteiger partial charge in [-0.2, -0.15) is 0 Å². The molecule has 10 nitrogen and oxygen atoms in total. The number of likely N-dealkylation sites (N-methyl/N-ethyl adjacent to an activating group) is 1. The lowest BCUT2D eigenvalue weighted by Gasteiger charge is -2.53. The monoisotopic (exact) mass is 478 g/mol. The number of hydrogen-bond acceptors (Lipinski definition) is 9. The number of rotatable bonds is 2. The Kier molecular flexibility index (Phi) is 4.96. The summed E-state index contributed by atoms with van der Waals surface area (Å²) in [5.74, 6) is -8.30. The molecule has 1 aromatic carbocycles. The lowest BCUT2D eigenvalue weighted by Crippen LogP contribution is -2.67. The van der Waals surface area contributed by atoms with E-state index in [1.165, 1.54) is 38.1 Å². The number of aromatic hydroxyl groups is 1. The molecule has 176 valence electrons. The fourth-order valence-corrected chi connectivity index (χ4v) is 5.93. The van der Waals surface area contributed by atoms with Crippen LogP contribution in [0.5, 0.6) is 5.75 Å². The summed E-state index contributed by atoms with van der Waals surface area (Å²) in [7, 11) is 2.97. The van der Waals surface area contributed by atoms with Crippen molar-refractivity contribution in [2.45, 2.75) is 30.6 Å². The van der Waals surface area contributed by atoms with Crippen molar-refractivity contribution in [2.75, 3.05) is 14.1 Å². The van der Waals surface area contributed by atoms with E-state index in [0.29, 0.717) is 0 Å². The van der Waals surface area contributed by atoms with Crippen LogP contribution in [0.2, 0.25) is 5.02 Å². The van der Waals surface area contributed by atoms with Crippen LogP contribution in [0.1, 0.15) is 24.5 Å². The van der Waals surface area contributed by atoms with Gasteiger partial charge >= 0.3 is 0 Å². The first kappa shape index (κ1) is 23.2. The molecule has 3 aliphatic rings. The predicted molar refractivity (Wildman–Crippen MR) is 115 cm³/mol. The van der Waals surface area contributed by atoms with E-state index in [1.54, 1.807) is 0 Å². The van der Waals surface area contributed by atoms with E-state index in [9.17, 15) is 39.9 Å². The Morgan fingerprint density at radius 1 is 1.18 bits per heavy atom. The van der Waals surface area contributed by atoms with Crippen LogP contribution in [0.15, 0.2) is 29.0 Å². The number of nitrogens with two attached hydrogens (primary N) is 1. The van der Waals surface area contributed by atoms with Crippen molar-refractivity contribution >= 4 is 34.8 Å². The number of phenols is 1. The normalized spacial score (nSPS) is 33.7. The number of amides is 1. The Hall–Kier alpha value is -2.92. The number of benzene rings is 1. The first-order chi connectivity index (χ1) is 15.2. The maximum atomic E-state index is 13.7. The second-order valence-corrected chi connectivity index (χ2v) is 9.48. The second-order valence-electron chi connectivity index (χ2n) is 9.08. The Morgan fingerprint density at radius 3 is 2.33 bits per heavy atom. The fraction of sp³-hybridized carbons (Fsp3) is 0.409. The first-order valence-corrected chi connectivity index (χ1v) is 10.5. The van der Waals surface area contributed by atoms with Gasteiger partial charge in [-0.05, 0) is 39.6 Å². The van der Waals surface area contributed by atoms with Crippen molar-refractivity contribution in [1.82, 2.24) is 4.90 Å². The van der Waals surface area contributed by atoms with Crippen LogP contribution in [0.3, 0.4) is 0 Å². The molecule has 11 heteroatoms. The molecule has 0 bridgehead atoms. The molecule has 4 unspecified atom stereocenters. The summed E-state index contributed by atoms with van der Waals surface area (Å²) in [4.78, 5) is 40.1. The molecule has 0 spiro atoms. The molecular weight excluding hydrogens is 456 g/mol. The van der Waals surface area contributed by atoms with Crippen LogP contribution < -0.4 is 5.73 Å². The Morgan fingerprint density at radius 2 is 1.79 bits per heavy atom. The van der Waals surface area contributed by atoms with Gasteiger partial charge < -0.3 is 31.3 Å². The molecule has 1 amide bonds. The van der Waals surface area contributed by atoms with Crippen molar-refractivity contribution in [2.24, 2.45) is 17.6 Å². The summed E-state index contributed by atoms with van der Waals surface area (Å²) >= 11 is 6.28. The number of Topliss-reactive ketones (excluding diaryl/α,β-unsaturated/α-hetero) is 2. The topological polar surface area (TPSA) is 182 Å². The molecule has 4 rings (SSSR count). The fourth-order valence-electron chi connectivity index (χ4n) is 5.58. The van der Waals surface area contributed by atoms with E-state index in [-0.39, 0.29) is 22.6 Å². The molecule has 0 aromatic heterocycles. The summed E-state index contributed by atoms with van der Waals surface area (Å²) in [6.07, 6.45) is -0.259. The number of carbonyl (C=O) groups is 3. The molecule has 1 saturated carbocycles. The number of aliphatic hydroxyl groups is 4. The van der Waals surface area contributed by atoms with E-state index in [2.05, 4.69) is 0 Å². The van der Waals surface area contributed by atoms with E-state index in [0.717, 1.165) is 0 Å². The van der Waals surface area contributed by atoms with Crippen molar-refractivity contribution in [3.63, 3.8) is 0 Å². The third kappa shape index (κ3) is 2.75. The number of ketones is 2. The van der Waals surface area contributed by atoms with E-state index >= 15 is 0 Å². The van der Waals surface area contributed by atoms with Crippen LogP contribution in [0.25, 0.3) is 5.76 Å². The minimum atomic E-state index is -2.78. The molecule has 5 atom stereocenters. The SMILES string of the molecule is CN(C)[C@@H]1C(=O)C(C(N)=O)=C(O)C2(O)C(=O)C3=C(O)c4c(O)ccc(Cl)c4C(C)(O)C3CC12. The molecule has 0 aliphatic heterocycles. The zero-order valence-corrected chi connectivity index (χ0v) is 18.7. The van der Waals surface area contributed by atoms with Crippen molar-refractivity contribution in [3.05, 3.63) is 45.2 Å². The highest BCUT2D eigenvalue weighted by Gasteiger charge is 2.66. The third-order valence-electron chi connectivity index (χ3n) is 7.07. The molecule has 0 heterocycles. The minimum Gasteiger partial charge on any atom is -0.508 e. The highest BCUT2D eigenvalue weighted by Crippen LogP contribution is 2.58. The minimum absolute atomic E-state index is 0.0187. The van der Waals surface area contributed by atoms with Gasteiger partial charge in [-0.1, -0.05) is 11.6 Å². The molecule has 1 aromatic rings. The van der Waals surface area contributed by atoms with Crippen LogP contribution in [0, 0.1) is 11.8 Å². The number of halogens is 1. The number of primary amides is 1. The average molecular weight is 479 g/mol. The molecule has 7 N–H and O–H groups in total. The summed E-state index contributed by atoms with van der Waals surface area (Å²) < 4.78 is 0. The van der Waals surface area contributed by atoms with Crippen molar-refractivity contribution in [3.8, 4) is 5.75 Å². The lowest BCUT2D eigenvalue weighted by atomic mass is 9.54. The smallest absolute Gasteiger partial charge is 0.255 e. The highest BCUT2D eigenvalue weighted by atomic mass is 35.5. The molecular formula is C22H23ClN2O8. The Labute approximate surface area is 193 Å². The quantitative estimate of drug-likeness (QED) is 0.325. The van der Waals surface area contributed by atoms with Crippen LogP contribution >= 0.6 is 11.6 Å². The summed E-state index contributed by atoms with van der Waals surface area (Å²) in [5, 5.41) is 55.2. The number of hydrogen-bond donors (Lipinski definition) is 6. The summed E-state index contributed by atoms with van der Waals surface area (Å²) in [6.45, 7) is 1.34. The Bertz CT molecular complexity index is 1200. The maximum Gasteiger partial charge on any atom is 0.255 e. The van der Waals surface area contributed by atoms with Gasteiger partial charge in [-0.25, -0.2) is 0 Å². The zero-order chi connectivity index (χ0) is 24.8. The average Bonchev–Trinajstić information content (AvgIpc) is 2.69. The zero-order valence-electron chi connectivity index (χ0n) is 18.0. The molecule has 0 radical (unpaired) electrons. The second kappa shape index (κ2) is 7.04. The predicted octanol–water partition coefficient (Wildman–Crippen LogP) is 0.282. The third-order valence-corrected chi connectivity index (χ3v) is 7.39. The van der Waals surface area contributed by atoms with Crippen LogP contribution in [-0.2, 0) is 20.0 Å². The number of nitrogens with zero attached hydrogens (tertiary/aromatic N) is 1. The van der Waals surface area contributed by atoms with Gasteiger partial charge in [0.2, 0.25) is 5.78 Å². The van der Waals surface area contributed by atoms with E-state index in [4.69, 9.17) is 17.3 Å². The van der Waals surface area contributed by atoms with Gasteiger partial charge in [0.1, 0.15) is 22.8 Å². The van der Waals surface area contributed by atoms with Crippen LogP contribution in [0.4, 0.5) is 0 Å². The van der Waals surface area contributed by atoms with Gasteiger partial charge in [0, 0.05) is 28.0 Å². The van der Waals surface area contributed by atoms with Crippen molar-refractivity contribution in [1.29, 1.82) is 0 Å². The van der Waals surface area contributed by atoms with Crippen LogP contribution in [-0.4, -0.2) is 73.6 Å². The number of carbonyl (C=O) groups excluding carboxylic acids is 3. The maximum absolute atomic E-state index is 13.7. The number of phenolic OH excluding ortho intramolecular Hbond substituents is 1. The van der Waals surface area contributed by atoms with Gasteiger partial charge in [-0.3, -0.25) is 19.3 Å². The van der Waals surface area contributed by atoms with E-state index < -0.39 is 75.0 Å². The summed E-state index contributed by atoms with van der Waals surface area (Å²) in [6, 6.07) is 1.24. The van der Waals surface area contributed by atoms with Gasteiger partial charge in [0.15, 0.2) is 11.4 Å². The van der Waals surface area contributed by atoms with E-state index in [1.807, 2.05) is 0 Å². The number of fused-ring (bicyclic) bond motifs is 3. The molecule has 3 aliphatic carbocycles. The highest BCUT2D eigenvalue weighted by molar-refractivity contribution is 6.32. The first-order valence-electron chi connectivity index (χ1n) is 10.1. The molecule has 0 saturated heterocycles. The standard InChI is InChI=1S/C22H23ClN2O8/c1-21(32)7-6-8-15(25(2)3)17(28)13(20(24)31)19(30)22(8,33)18(29)11(7)16(27)12-10(26)5-4-9(23)14(12)21/h4-5,7-8,15,26-27,30,32-33H,6H2,1-3H3,(H2,24,31)/t7?,8?,15-,21?,22?/m0/s1. The Balaban J connectivity index is 2.07. The van der Waals surface area contributed by atoms with Gasteiger partial charge in [-0.15, -0.1) is 0 Å². The van der Waals surface area contributed by atoms with Crippen molar-refractivity contribution < 1.29 is 39.9 Å². The van der Waals surface area contributed by atoms with Gasteiger partial charge in [0.05, 0.1) is 17.2 Å². The molecule has 1 fully saturated rings. The summed E-state index contributed by atoms with van der Waals surface area (Å²) in [5.41, 5.74) is -1.10. The lowest BCUT2D eigenvalue weighted by molar-refractivity contribution is -0.159. The van der Waals surface area contributed by atoms with Gasteiger partial charge in [0.25, 0.3) is 5.91 Å².